The lowest BCUT2D eigenvalue weighted by molar-refractivity contribution is 0.193. The summed E-state index contributed by atoms with van der Waals surface area (Å²) in [5.74, 6) is 4.29. The SMILES string of the molecule is Cc1nc(NCCSCc2ccccc2)cc([C@H]2CCOC2)n1. The number of ether oxygens (including phenoxy) is 1. The quantitative estimate of drug-likeness (QED) is 0.786. The van der Waals surface area contributed by atoms with Crippen LogP contribution in [0.5, 0.6) is 0 Å². The fraction of sp³-hybridized carbons (Fsp3) is 0.444. The van der Waals surface area contributed by atoms with Crippen LogP contribution in [0.4, 0.5) is 5.82 Å². The van der Waals surface area contributed by atoms with Crippen LogP contribution in [0.25, 0.3) is 0 Å². The van der Waals surface area contributed by atoms with Crippen molar-refractivity contribution in [3.8, 4) is 0 Å². The van der Waals surface area contributed by atoms with Crippen LogP contribution in [-0.2, 0) is 10.5 Å². The third-order valence-electron chi connectivity index (χ3n) is 3.87. The average molecular weight is 329 g/mol. The van der Waals surface area contributed by atoms with Crippen molar-refractivity contribution in [2.24, 2.45) is 0 Å². The van der Waals surface area contributed by atoms with Gasteiger partial charge in [0.1, 0.15) is 11.6 Å². The first-order chi connectivity index (χ1) is 11.3. The van der Waals surface area contributed by atoms with E-state index in [2.05, 4.69) is 51.7 Å². The Morgan fingerprint density at radius 3 is 2.91 bits per heavy atom. The number of hydrogen-bond acceptors (Lipinski definition) is 5. The highest BCUT2D eigenvalue weighted by Gasteiger charge is 2.20. The van der Waals surface area contributed by atoms with Gasteiger partial charge in [-0.15, -0.1) is 0 Å². The van der Waals surface area contributed by atoms with Crippen molar-refractivity contribution in [2.45, 2.75) is 25.0 Å². The lowest BCUT2D eigenvalue weighted by Crippen LogP contribution is -2.10. The minimum absolute atomic E-state index is 0.421. The minimum Gasteiger partial charge on any atom is -0.381 e. The normalized spacial score (nSPS) is 17.3. The second-order valence-electron chi connectivity index (χ2n) is 5.75. The topological polar surface area (TPSA) is 47.0 Å². The first kappa shape index (κ1) is 16.3. The van der Waals surface area contributed by atoms with Crippen molar-refractivity contribution in [3.63, 3.8) is 0 Å². The Hall–Kier alpha value is -1.59. The molecular formula is C18H23N3OS. The molecule has 0 spiro atoms. The molecule has 1 N–H and O–H groups in total. The standard InChI is InChI=1S/C18H23N3OS/c1-14-20-17(16-7-9-22-12-16)11-18(21-14)19-8-10-23-13-15-5-3-2-4-6-15/h2-6,11,16H,7-10,12-13H2,1H3,(H,19,20,21)/t16-/m0/s1. The van der Waals surface area contributed by atoms with Gasteiger partial charge >= 0.3 is 0 Å². The van der Waals surface area contributed by atoms with Crippen molar-refractivity contribution < 1.29 is 4.74 Å². The molecule has 1 aliphatic rings. The molecule has 0 unspecified atom stereocenters. The van der Waals surface area contributed by atoms with Crippen LogP contribution in [-0.4, -0.2) is 35.5 Å². The maximum absolute atomic E-state index is 5.46. The molecular weight excluding hydrogens is 306 g/mol. The molecule has 1 aliphatic heterocycles. The van der Waals surface area contributed by atoms with E-state index in [1.54, 1.807) is 0 Å². The van der Waals surface area contributed by atoms with E-state index in [0.29, 0.717) is 5.92 Å². The molecule has 1 fully saturated rings. The number of nitrogens with one attached hydrogen (secondary N) is 1. The van der Waals surface area contributed by atoms with Crippen molar-refractivity contribution in [1.82, 2.24) is 9.97 Å². The molecule has 0 aliphatic carbocycles. The molecule has 1 atom stereocenters. The average Bonchev–Trinajstić information content (AvgIpc) is 3.10. The smallest absolute Gasteiger partial charge is 0.129 e. The van der Waals surface area contributed by atoms with Crippen molar-refractivity contribution in [1.29, 1.82) is 0 Å². The van der Waals surface area contributed by atoms with E-state index >= 15 is 0 Å². The summed E-state index contributed by atoms with van der Waals surface area (Å²) in [6.45, 7) is 4.48. The zero-order chi connectivity index (χ0) is 15.9. The lowest BCUT2D eigenvalue weighted by atomic mass is 10.0. The van der Waals surface area contributed by atoms with Crippen LogP contribution in [0.15, 0.2) is 36.4 Å². The van der Waals surface area contributed by atoms with Gasteiger partial charge in [-0.05, 0) is 18.9 Å². The van der Waals surface area contributed by atoms with Crippen molar-refractivity contribution in [3.05, 3.63) is 53.5 Å². The van der Waals surface area contributed by atoms with Crippen LogP contribution >= 0.6 is 11.8 Å². The zero-order valence-electron chi connectivity index (χ0n) is 13.5. The molecule has 5 heteroatoms. The molecule has 3 rings (SSSR count). The molecule has 0 radical (unpaired) electrons. The first-order valence-corrected chi connectivity index (χ1v) is 9.25. The summed E-state index contributed by atoms with van der Waals surface area (Å²) < 4.78 is 5.46. The Kier molecular flexibility index (Phi) is 5.88. The van der Waals surface area contributed by atoms with Gasteiger partial charge in [0.2, 0.25) is 0 Å². The number of aromatic nitrogens is 2. The van der Waals surface area contributed by atoms with E-state index in [0.717, 1.165) is 55.0 Å². The molecule has 1 saturated heterocycles. The van der Waals surface area contributed by atoms with E-state index in [1.165, 1.54) is 5.56 Å². The van der Waals surface area contributed by atoms with E-state index in [-0.39, 0.29) is 0 Å². The third-order valence-corrected chi connectivity index (χ3v) is 4.90. The maximum Gasteiger partial charge on any atom is 0.129 e. The maximum atomic E-state index is 5.46. The molecule has 0 bridgehead atoms. The molecule has 0 saturated carbocycles. The molecule has 4 nitrogen and oxygen atoms in total. The number of anilines is 1. The predicted molar refractivity (Wildman–Crippen MR) is 96.0 cm³/mol. The molecule has 1 aromatic carbocycles. The summed E-state index contributed by atoms with van der Waals surface area (Å²) in [5, 5.41) is 3.42. The highest BCUT2D eigenvalue weighted by molar-refractivity contribution is 7.98. The number of nitrogens with zero attached hydrogens (tertiary/aromatic N) is 2. The summed E-state index contributed by atoms with van der Waals surface area (Å²) in [7, 11) is 0. The van der Waals surface area contributed by atoms with Crippen molar-refractivity contribution >= 4 is 17.6 Å². The first-order valence-electron chi connectivity index (χ1n) is 8.10. The highest BCUT2D eigenvalue weighted by atomic mass is 32.2. The summed E-state index contributed by atoms with van der Waals surface area (Å²) in [4.78, 5) is 9.05. The summed E-state index contributed by atoms with van der Waals surface area (Å²) >= 11 is 1.93. The van der Waals surface area contributed by atoms with Gasteiger partial charge in [0.15, 0.2) is 0 Å². The molecule has 122 valence electrons. The van der Waals surface area contributed by atoms with Gasteiger partial charge in [0, 0.05) is 36.6 Å². The van der Waals surface area contributed by atoms with Crippen LogP contribution in [0.1, 0.15) is 29.4 Å². The number of thioether (sulfide) groups is 1. The van der Waals surface area contributed by atoms with Gasteiger partial charge in [0.25, 0.3) is 0 Å². The second kappa shape index (κ2) is 8.31. The Bertz CT molecular complexity index is 615. The Morgan fingerprint density at radius 2 is 2.13 bits per heavy atom. The molecule has 1 aromatic heterocycles. The van der Waals surface area contributed by atoms with Crippen LogP contribution in [0.2, 0.25) is 0 Å². The van der Waals surface area contributed by atoms with Gasteiger partial charge in [-0.3, -0.25) is 0 Å². The number of benzene rings is 1. The van der Waals surface area contributed by atoms with Gasteiger partial charge in [-0.25, -0.2) is 9.97 Å². The second-order valence-corrected chi connectivity index (χ2v) is 6.86. The van der Waals surface area contributed by atoms with Crippen LogP contribution < -0.4 is 5.32 Å². The Balaban J connectivity index is 1.46. The van der Waals surface area contributed by atoms with E-state index in [9.17, 15) is 0 Å². The summed E-state index contributed by atoms with van der Waals surface area (Å²) in [6, 6.07) is 12.7. The third kappa shape index (κ3) is 4.94. The fourth-order valence-corrected chi connectivity index (χ4v) is 3.49. The summed E-state index contributed by atoms with van der Waals surface area (Å²) in [6.07, 6.45) is 1.06. The largest absolute Gasteiger partial charge is 0.381 e. The number of hydrogen-bond donors (Lipinski definition) is 1. The number of rotatable bonds is 7. The molecule has 2 aromatic rings. The predicted octanol–water partition coefficient (Wildman–Crippen LogP) is 3.63. The number of aryl methyl sites for hydroxylation is 1. The monoisotopic (exact) mass is 329 g/mol. The zero-order valence-corrected chi connectivity index (χ0v) is 14.3. The molecule has 0 amide bonds. The van der Waals surface area contributed by atoms with Crippen LogP contribution in [0, 0.1) is 6.92 Å². The van der Waals surface area contributed by atoms with Gasteiger partial charge in [-0.1, -0.05) is 30.3 Å². The minimum atomic E-state index is 0.421. The Morgan fingerprint density at radius 1 is 1.26 bits per heavy atom. The van der Waals surface area contributed by atoms with Gasteiger partial charge < -0.3 is 10.1 Å². The van der Waals surface area contributed by atoms with Crippen LogP contribution in [0.3, 0.4) is 0 Å². The molecule has 23 heavy (non-hydrogen) atoms. The lowest BCUT2D eigenvalue weighted by Gasteiger charge is -2.11. The van der Waals surface area contributed by atoms with E-state index in [1.807, 2.05) is 18.7 Å². The summed E-state index contributed by atoms with van der Waals surface area (Å²) in [5.41, 5.74) is 2.48. The molecule has 2 heterocycles. The van der Waals surface area contributed by atoms with Gasteiger partial charge in [0.05, 0.1) is 12.3 Å². The highest BCUT2D eigenvalue weighted by Crippen LogP contribution is 2.25. The fourth-order valence-electron chi connectivity index (χ4n) is 2.67. The van der Waals surface area contributed by atoms with Crippen molar-refractivity contribution in [2.75, 3.05) is 30.8 Å². The van der Waals surface area contributed by atoms with E-state index < -0.39 is 0 Å². The van der Waals surface area contributed by atoms with Gasteiger partial charge in [-0.2, -0.15) is 11.8 Å². The Labute approximate surface area is 142 Å². The van der Waals surface area contributed by atoms with E-state index in [4.69, 9.17) is 4.74 Å².